The topological polar surface area (TPSA) is 32.8 Å². The number of hydrogen-bond acceptors (Lipinski definition) is 4. The SMILES string of the molecule is CCN(CC)CCOC(=O)C1=CCCC2CCN12.Cl. The Bertz CT molecular complexity index is 329. The Morgan fingerprint density at radius 2 is 2.16 bits per heavy atom. The summed E-state index contributed by atoms with van der Waals surface area (Å²) in [5.74, 6) is -0.133. The van der Waals surface area contributed by atoms with E-state index in [0.29, 0.717) is 12.6 Å². The van der Waals surface area contributed by atoms with Crippen molar-refractivity contribution in [3.63, 3.8) is 0 Å². The van der Waals surface area contributed by atoms with Crippen LogP contribution in [0.3, 0.4) is 0 Å². The van der Waals surface area contributed by atoms with Gasteiger partial charge < -0.3 is 14.5 Å². The Morgan fingerprint density at radius 3 is 2.74 bits per heavy atom. The molecule has 1 unspecified atom stereocenters. The predicted octanol–water partition coefficient (Wildman–Crippen LogP) is 2.05. The largest absolute Gasteiger partial charge is 0.460 e. The third kappa shape index (κ3) is 3.86. The summed E-state index contributed by atoms with van der Waals surface area (Å²) in [7, 11) is 0. The molecule has 2 rings (SSSR count). The Hall–Kier alpha value is -0.740. The average molecular weight is 289 g/mol. The van der Waals surface area contributed by atoms with E-state index in [1.165, 1.54) is 12.8 Å². The summed E-state index contributed by atoms with van der Waals surface area (Å²) in [4.78, 5) is 16.5. The highest BCUT2D eigenvalue weighted by Crippen LogP contribution is 2.31. The van der Waals surface area contributed by atoms with E-state index in [4.69, 9.17) is 4.74 Å². The zero-order valence-electron chi connectivity index (χ0n) is 11.9. The first-order valence-electron chi connectivity index (χ1n) is 7.12. The molecule has 110 valence electrons. The van der Waals surface area contributed by atoms with Crippen molar-refractivity contribution in [3.8, 4) is 0 Å². The van der Waals surface area contributed by atoms with Gasteiger partial charge in [-0.05, 0) is 32.4 Å². The molecular formula is C14H25ClN2O2. The third-order valence-corrected chi connectivity index (χ3v) is 4.04. The first-order valence-corrected chi connectivity index (χ1v) is 7.12. The van der Waals surface area contributed by atoms with Gasteiger partial charge in [0.25, 0.3) is 0 Å². The minimum Gasteiger partial charge on any atom is -0.460 e. The van der Waals surface area contributed by atoms with E-state index in [1.54, 1.807) is 0 Å². The quantitative estimate of drug-likeness (QED) is 0.700. The van der Waals surface area contributed by atoms with Crippen molar-refractivity contribution in [1.82, 2.24) is 9.80 Å². The fourth-order valence-corrected chi connectivity index (χ4v) is 2.67. The van der Waals surface area contributed by atoms with Gasteiger partial charge in [0.1, 0.15) is 12.3 Å². The molecule has 2 aliphatic heterocycles. The molecule has 0 saturated carbocycles. The molecule has 0 aromatic rings. The van der Waals surface area contributed by atoms with Crippen LogP contribution in [0.1, 0.15) is 33.1 Å². The van der Waals surface area contributed by atoms with E-state index in [-0.39, 0.29) is 18.4 Å². The van der Waals surface area contributed by atoms with E-state index >= 15 is 0 Å². The van der Waals surface area contributed by atoms with Crippen molar-refractivity contribution in [2.75, 3.05) is 32.8 Å². The Balaban J connectivity index is 0.00000180. The van der Waals surface area contributed by atoms with Gasteiger partial charge in [0.15, 0.2) is 0 Å². The highest BCUT2D eigenvalue weighted by atomic mass is 35.5. The van der Waals surface area contributed by atoms with Crippen LogP contribution in [0.5, 0.6) is 0 Å². The molecule has 19 heavy (non-hydrogen) atoms. The lowest BCUT2D eigenvalue weighted by Gasteiger charge is -2.45. The van der Waals surface area contributed by atoms with Crippen LogP contribution in [0.15, 0.2) is 11.8 Å². The molecular weight excluding hydrogens is 264 g/mol. The van der Waals surface area contributed by atoms with Gasteiger partial charge in [-0.25, -0.2) is 4.79 Å². The van der Waals surface area contributed by atoms with Crippen LogP contribution in [0.25, 0.3) is 0 Å². The number of ether oxygens (including phenoxy) is 1. The maximum atomic E-state index is 12.0. The Kier molecular flexibility index (Phi) is 6.66. The number of rotatable bonds is 6. The van der Waals surface area contributed by atoms with Gasteiger partial charge in [0, 0.05) is 19.1 Å². The molecule has 0 aliphatic carbocycles. The van der Waals surface area contributed by atoms with Gasteiger partial charge >= 0.3 is 5.97 Å². The zero-order valence-corrected chi connectivity index (χ0v) is 12.7. The van der Waals surface area contributed by atoms with Crippen LogP contribution >= 0.6 is 12.4 Å². The first kappa shape index (κ1) is 16.3. The number of hydrogen-bond donors (Lipinski definition) is 0. The Labute approximate surface area is 122 Å². The number of allylic oxidation sites excluding steroid dienone is 1. The predicted molar refractivity (Wildman–Crippen MR) is 78.4 cm³/mol. The summed E-state index contributed by atoms with van der Waals surface area (Å²) in [6, 6.07) is 0.598. The van der Waals surface area contributed by atoms with Crippen LogP contribution in [-0.4, -0.2) is 54.6 Å². The fourth-order valence-electron chi connectivity index (χ4n) is 2.67. The number of carbonyl (C=O) groups is 1. The summed E-state index contributed by atoms with van der Waals surface area (Å²) < 4.78 is 5.38. The Morgan fingerprint density at radius 1 is 1.42 bits per heavy atom. The van der Waals surface area contributed by atoms with Gasteiger partial charge in [-0.3, -0.25) is 0 Å². The van der Waals surface area contributed by atoms with Crippen molar-refractivity contribution in [1.29, 1.82) is 0 Å². The third-order valence-electron chi connectivity index (χ3n) is 4.04. The first-order chi connectivity index (χ1) is 8.76. The minimum atomic E-state index is -0.133. The lowest BCUT2D eigenvalue weighted by Crippen LogP contribution is -2.50. The number of fused-ring (bicyclic) bond motifs is 1. The monoisotopic (exact) mass is 288 g/mol. The zero-order chi connectivity index (χ0) is 13.0. The van der Waals surface area contributed by atoms with Gasteiger partial charge in [-0.2, -0.15) is 0 Å². The van der Waals surface area contributed by atoms with Gasteiger partial charge in [-0.1, -0.05) is 19.9 Å². The fraction of sp³-hybridized carbons (Fsp3) is 0.786. The summed E-state index contributed by atoms with van der Waals surface area (Å²) in [6.07, 6.45) is 5.47. The molecule has 5 heteroatoms. The summed E-state index contributed by atoms with van der Waals surface area (Å²) in [6.45, 7) is 8.60. The van der Waals surface area contributed by atoms with E-state index in [1.807, 2.05) is 6.08 Å². The van der Waals surface area contributed by atoms with E-state index < -0.39 is 0 Å². The van der Waals surface area contributed by atoms with Crippen molar-refractivity contribution in [2.24, 2.45) is 0 Å². The molecule has 0 N–H and O–H groups in total. The van der Waals surface area contributed by atoms with Gasteiger partial charge in [0.05, 0.1) is 0 Å². The molecule has 0 bridgehead atoms. The average Bonchev–Trinajstić information content (AvgIpc) is 2.35. The van der Waals surface area contributed by atoms with Crippen LogP contribution in [0, 0.1) is 0 Å². The number of carbonyl (C=O) groups excluding carboxylic acids is 1. The molecule has 1 fully saturated rings. The highest BCUT2D eigenvalue weighted by molar-refractivity contribution is 5.88. The lowest BCUT2D eigenvalue weighted by molar-refractivity contribution is -0.143. The minimum absolute atomic E-state index is 0. The molecule has 0 aromatic heterocycles. The van der Waals surface area contributed by atoms with Crippen molar-refractivity contribution in [3.05, 3.63) is 11.8 Å². The van der Waals surface area contributed by atoms with Crippen molar-refractivity contribution >= 4 is 18.4 Å². The van der Waals surface area contributed by atoms with Crippen LogP contribution < -0.4 is 0 Å². The standard InChI is InChI=1S/C14H24N2O2.ClH/c1-3-15(4-2)10-11-18-14(17)13-7-5-6-12-8-9-16(12)13;/h7,12H,3-6,8-11H2,1-2H3;1H. The van der Waals surface area contributed by atoms with Crippen LogP contribution in [0.2, 0.25) is 0 Å². The summed E-state index contributed by atoms with van der Waals surface area (Å²) in [5.41, 5.74) is 0.803. The second kappa shape index (κ2) is 7.75. The molecule has 0 radical (unpaired) electrons. The molecule has 0 amide bonds. The lowest BCUT2D eigenvalue weighted by atomic mass is 9.93. The normalized spacial score (nSPS) is 21.1. The smallest absolute Gasteiger partial charge is 0.354 e. The number of esters is 1. The molecule has 1 atom stereocenters. The molecule has 1 saturated heterocycles. The molecule has 4 nitrogen and oxygen atoms in total. The molecule has 2 aliphatic rings. The number of halogens is 1. The highest BCUT2D eigenvalue weighted by Gasteiger charge is 2.35. The van der Waals surface area contributed by atoms with Crippen LogP contribution in [0.4, 0.5) is 0 Å². The molecule has 0 aromatic carbocycles. The van der Waals surface area contributed by atoms with Crippen molar-refractivity contribution < 1.29 is 9.53 Å². The maximum absolute atomic E-state index is 12.0. The van der Waals surface area contributed by atoms with E-state index in [2.05, 4.69) is 23.6 Å². The number of likely N-dealkylation sites (N-methyl/N-ethyl adjacent to an activating group) is 1. The number of nitrogens with zero attached hydrogens (tertiary/aromatic N) is 2. The van der Waals surface area contributed by atoms with E-state index in [9.17, 15) is 4.79 Å². The maximum Gasteiger partial charge on any atom is 0.354 e. The van der Waals surface area contributed by atoms with Crippen LogP contribution in [-0.2, 0) is 9.53 Å². The molecule has 0 spiro atoms. The molecule has 2 heterocycles. The van der Waals surface area contributed by atoms with Gasteiger partial charge in [0.2, 0.25) is 0 Å². The second-order valence-electron chi connectivity index (χ2n) is 4.97. The van der Waals surface area contributed by atoms with Crippen molar-refractivity contribution in [2.45, 2.75) is 39.2 Å². The summed E-state index contributed by atoms with van der Waals surface area (Å²) in [5, 5.41) is 0. The van der Waals surface area contributed by atoms with Gasteiger partial charge in [-0.15, -0.1) is 12.4 Å². The second-order valence-corrected chi connectivity index (χ2v) is 4.97. The summed E-state index contributed by atoms with van der Waals surface area (Å²) >= 11 is 0. The van der Waals surface area contributed by atoms with E-state index in [0.717, 1.165) is 38.3 Å².